The van der Waals surface area contributed by atoms with Crippen LogP contribution in [0, 0.1) is 18.6 Å². The van der Waals surface area contributed by atoms with Gasteiger partial charge in [0.2, 0.25) is 5.95 Å². The predicted octanol–water partition coefficient (Wildman–Crippen LogP) is 5.08. The minimum Gasteiger partial charge on any atom is -0.462 e. The first-order chi connectivity index (χ1) is 16.7. The lowest BCUT2D eigenvalue weighted by atomic mass is 10.1. The number of aromatic nitrogens is 4. The molecule has 4 rings (SSSR count). The van der Waals surface area contributed by atoms with E-state index in [1.165, 1.54) is 16.7 Å². The van der Waals surface area contributed by atoms with Gasteiger partial charge in [-0.25, -0.2) is 18.6 Å². The van der Waals surface area contributed by atoms with Crippen molar-refractivity contribution in [2.75, 3.05) is 11.9 Å². The second-order valence-electron chi connectivity index (χ2n) is 7.73. The molecule has 11 heteroatoms. The number of esters is 1. The Morgan fingerprint density at radius 2 is 1.83 bits per heavy atom. The first-order valence-electron chi connectivity index (χ1n) is 10.9. The number of anilines is 1. The first-order valence-corrected chi connectivity index (χ1v) is 11.7. The van der Waals surface area contributed by atoms with E-state index in [4.69, 9.17) is 4.74 Å². The Hall–Kier alpha value is -3.60. The molecule has 1 amide bonds. The highest BCUT2D eigenvalue weighted by atomic mass is 79.9. The van der Waals surface area contributed by atoms with E-state index >= 15 is 0 Å². The summed E-state index contributed by atoms with van der Waals surface area (Å²) in [7, 11) is 0. The van der Waals surface area contributed by atoms with Gasteiger partial charge in [0, 0.05) is 16.6 Å². The van der Waals surface area contributed by atoms with E-state index in [0.717, 1.165) is 12.1 Å². The molecule has 0 saturated carbocycles. The maximum Gasteiger partial charge on any atom is 0.338 e. The van der Waals surface area contributed by atoms with Gasteiger partial charge in [0.15, 0.2) is 0 Å². The lowest BCUT2D eigenvalue weighted by Crippen LogP contribution is -2.20. The van der Waals surface area contributed by atoms with Crippen molar-refractivity contribution in [2.45, 2.75) is 33.9 Å². The summed E-state index contributed by atoms with van der Waals surface area (Å²) < 4.78 is 37.7. The Morgan fingerprint density at radius 3 is 2.49 bits per heavy atom. The molecule has 0 aliphatic carbocycles. The van der Waals surface area contributed by atoms with E-state index in [0.29, 0.717) is 29.0 Å². The Kier molecular flexibility index (Phi) is 6.97. The van der Waals surface area contributed by atoms with Gasteiger partial charge < -0.3 is 9.30 Å². The predicted molar refractivity (Wildman–Crippen MR) is 129 cm³/mol. The number of carbonyl (C=O) groups is 2. The van der Waals surface area contributed by atoms with Crippen molar-refractivity contribution in [1.82, 2.24) is 19.3 Å². The SMILES string of the molecule is CCOC(=O)c1ccc2c(c1)nc(NC(=O)c1cc(C)nn1CC)n2Cc1c(F)cc(Br)cc1F. The summed E-state index contributed by atoms with van der Waals surface area (Å²) in [6, 6.07) is 8.61. The number of benzene rings is 2. The molecule has 0 bridgehead atoms. The molecule has 0 unspecified atom stereocenters. The topological polar surface area (TPSA) is 91.0 Å². The molecule has 0 radical (unpaired) electrons. The molecular weight excluding hydrogens is 524 g/mol. The fourth-order valence-electron chi connectivity index (χ4n) is 3.74. The van der Waals surface area contributed by atoms with Crippen molar-refractivity contribution in [3.63, 3.8) is 0 Å². The Balaban J connectivity index is 1.81. The fraction of sp³-hybridized carbons (Fsp3) is 0.250. The van der Waals surface area contributed by atoms with Crippen LogP contribution in [0.1, 0.15) is 46.0 Å². The van der Waals surface area contributed by atoms with E-state index in [1.807, 2.05) is 6.92 Å². The van der Waals surface area contributed by atoms with Crippen molar-refractivity contribution in [3.05, 3.63) is 75.0 Å². The maximum absolute atomic E-state index is 14.7. The molecule has 0 fully saturated rings. The number of nitrogens with one attached hydrogen (secondary N) is 1. The van der Waals surface area contributed by atoms with Crippen LogP contribution in [0.3, 0.4) is 0 Å². The zero-order valence-corrected chi connectivity index (χ0v) is 20.8. The number of fused-ring (bicyclic) bond motifs is 1. The lowest BCUT2D eigenvalue weighted by Gasteiger charge is -2.12. The minimum absolute atomic E-state index is 0.0641. The third-order valence-corrected chi connectivity index (χ3v) is 5.80. The maximum atomic E-state index is 14.7. The Morgan fingerprint density at radius 1 is 1.11 bits per heavy atom. The highest BCUT2D eigenvalue weighted by molar-refractivity contribution is 9.10. The van der Waals surface area contributed by atoms with Gasteiger partial charge in [-0.3, -0.25) is 14.8 Å². The van der Waals surface area contributed by atoms with Crippen LogP contribution < -0.4 is 5.32 Å². The van der Waals surface area contributed by atoms with Gasteiger partial charge in [-0.2, -0.15) is 5.10 Å². The quantitative estimate of drug-likeness (QED) is 0.327. The van der Waals surface area contributed by atoms with Crippen LogP contribution in [0.25, 0.3) is 11.0 Å². The van der Waals surface area contributed by atoms with E-state index in [2.05, 4.69) is 31.3 Å². The van der Waals surface area contributed by atoms with Crippen LogP contribution in [-0.4, -0.2) is 37.8 Å². The van der Waals surface area contributed by atoms with Gasteiger partial charge in [0.1, 0.15) is 17.3 Å². The number of amides is 1. The molecule has 0 aliphatic heterocycles. The van der Waals surface area contributed by atoms with Crippen LogP contribution in [0.4, 0.5) is 14.7 Å². The number of halogens is 3. The number of ether oxygens (including phenoxy) is 1. The lowest BCUT2D eigenvalue weighted by molar-refractivity contribution is 0.0526. The van der Waals surface area contributed by atoms with Crippen molar-refractivity contribution in [3.8, 4) is 0 Å². The van der Waals surface area contributed by atoms with Gasteiger partial charge in [-0.1, -0.05) is 15.9 Å². The van der Waals surface area contributed by atoms with E-state index < -0.39 is 23.5 Å². The molecule has 0 atom stereocenters. The highest BCUT2D eigenvalue weighted by Gasteiger charge is 2.21. The largest absolute Gasteiger partial charge is 0.462 e. The average molecular weight is 546 g/mol. The summed E-state index contributed by atoms with van der Waals surface area (Å²) in [5.41, 5.74) is 1.87. The third kappa shape index (κ3) is 4.95. The number of carbonyl (C=O) groups excluding carboxylic acids is 2. The van der Waals surface area contributed by atoms with Crippen molar-refractivity contribution < 1.29 is 23.1 Å². The number of hydrogen-bond donors (Lipinski definition) is 1. The number of rotatable bonds is 7. The molecule has 182 valence electrons. The normalized spacial score (nSPS) is 11.1. The van der Waals surface area contributed by atoms with Gasteiger partial charge in [-0.05, 0) is 57.2 Å². The minimum atomic E-state index is -0.751. The molecular formula is C24H22BrF2N5O3. The highest BCUT2D eigenvalue weighted by Crippen LogP contribution is 2.27. The van der Waals surface area contributed by atoms with Gasteiger partial charge >= 0.3 is 5.97 Å². The molecule has 8 nitrogen and oxygen atoms in total. The van der Waals surface area contributed by atoms with E-state index in [1.54, 1.807) is 30.7 Å². The van der Waals surface area contributed by atoms with Crippen LogP contribution in [0.2, 0.25) is 0 Å². The molecule has 1 N–H and O–H groups in total. The second-order valence-corrected chi connectivity index (χ2v) is 8.65. The van der Waals surface area contributed by atoms with E-state index in [9.17, 15) is 18.4 Å². The van der Waals surface area contributed by atoms with Crippen LogP contribution in [0.5, 0.6) is 0 Å². The summed E-state index contributed by atoms with van der Waals surface area (Å²) in [6.07, 6.45) is 0. The summed E-state index contributed by atoms with van der Waals surface area (Å²) >= 11 is 3.08. The van der Waals surface area contributed by atoms with Crippen molar-refractivity contribution in [1.29, 1.82) is 0 Å². The number of hydrogen-bond acceptors (Lipinski definition) is 5. The third-order valence-electron chi connectivity index (χ3n) is 5.34. The zero-order chi connectivity index (χ0) is 25.3. The van der Waals surface area contributed by atoms with Crippen molar-refractivity contribution in [2.24, 2.45) is 0 Å². The Labute approximate surface area is 208 Å². The van der Waals surface area contributed by atoms with Crippen molar-refractivity contribution >= 4 is 44.8 Å². The number of nitrogens with zero attached hydrogens (tertiary/aromatic N) is 4. The summed E-state index contributed by atoms with van der Waals surface area (Å²) in [4.78, 5) is 29.7. The van der Waals surface area contributed by atoms with E-state index in [-0.39, 0.29) is 34.7 Å². The molecule has 2 aromatic heterocycles. The van der Waals surface area contributed by atoms with Gasteiger partial charge in [0.05, 0.1) is 35.4 Å². The summed E-state index contributed by atoms with van der Waals surface area (Å²) in [6.45, 7) is 5.76. The smallest absolute Gasteiger partial charge is 0.338 e. The Bertz CT molecular complexity index is 1420. The molecule has 2 aromatic carbocycles. The summed E-state index contributed by atoms with van der Waals surface area (Å²) in [5, 5.41) is 7.01. The van der Waals surface area contributed by atoms with Crippen LogP contribution >= 0.6 is 15.9 Å². The van der Waals surface area contributed by atoms with Crippen LogP contribution in [-0.2, 0) is 17.8 Å². The second kappa shape index (κ2) is 9.95. The van der Waals surface area contributed by atoms with Gasteiger partial charge in [0.25, 0.3) is 5.91 Å². The molecule has 4 aromatic rings. The fourth-order valence-corrected chi connectivity index (χ4v) is 4.14. The molecule has 35 heavy (non-hydrogen) atoms. The first kappa shape index (κ1) is 24.5. The summed E-state index contributed by atoms with van der Waals surface area (Å²) in [5.74, 6) is -2.44. The monoisotopic (exact) mass is 545 g/mol. The molecule has 0 saturated heterocycles. The van der Waals surface area contributed by atoms with Crippen LogP contribution in [0.15, 0.2) is 40.9 Å². The zero-order valence-electron chi connectivity index (χ0n) is 19.2. The van der Waals surface area contributed by atoms with Gasteiger partial charge in [-0.15, -0.1) is 0 Å². The standard InChI is InChI=1S/C24H22BrF2N5O3/c1-4-32-21(8-13(3)30-32)22(33)29-24-28-19-9-14(23(34)35-5-2)6-7-20(19)31(24)12-16-17(26)10-15(25)11-18(16)27/h6-11H,4-5,12H2,1-3H3,(H,28,29,33). The average Bonchev–Trinajstić information content (AvgIpc) is 3.35. The molecule has 0 spiro atoms. The molecule has 2 heterocycles. The molecule has 0 aliphatic rings. The number of aryl methyl sites for hydroxylation is 2. The number of imidazole rings is 1.